The van der Waals surface area contributed by atoms with E-state index in [1.807, 2.05) is 12.1 Å². The van der Waals surface area contributed by atoms with Crippen LogP contribution in [0.5, 0.6) is 5.75 Å². The summed E-state index contributed by atoms with van der Waals surface area (Å²) in [5.41, 5.74) is 1.04. The first-order valence-electron chi connectivity index (χ1n) is 4.93. The van der Waals surface area contributed by atoms with Crippen molar-refractivity contribution in [3.63, 3.8) is 0 Å². The van der Waals surface area contributed by atoms with Crippen LogP contribution in [-0.2, 0) is 6.42 Å². The van der Waals surface area contributed by atoms with Gasteiger partial charge in [-0.2, -0.15) is 0 Å². The Bertz CT molecular complexity index is 411. The summed E-state index contributed by atoms with van der Waals surface area (Å²) in [4.78, 5) is 12.0. The van der Waals surface area contributed by atoms with E-state index in [-0.39, 0.29) is 12.4 Å². The lowest BCUT2D eigenvalue weighted by Gasteiger charge is -2.17. The molecule has 1 aromatic rings. The monoisotopic (exact) mass is 206 g/mol. The lowest BCUT2D eigenvalue weighted by molar-refractivity contribution is 0.0722. The third kappa shape index (κ3) is 1.43. The zero-order chi connectivity index (χ0) is 11.1. The minimum absolute atomic E-state index is 0.0129. The standard InChI is InChI=1S/C12H14O3/c1-12(7-13)6-8-3-4-9(15-2)5-10(8)11(12)14/h3-5,13H,6-7H2,1-2H3. The van der Waals surface area contributed by atoms with Crippen LogP contribution in [0, 0.1) is 5.41 Å². The highest BCUT2D eigenvalue weighted by atomic mass is 16.5. The van der Waals surface area contributed by atoms with Crippen molar-refractivity contribution in [1.82, 2.24) is 0 Å². The third-order valence-electron chi connectivity index (χ3n) is 3.04. The molecule has 0 bridgehead atoms. The van der Waals surface area contributed by atoms with Gasteiger partial charge in [0.25, 0.3) is 0 Å². The number of fused-ring (bicyclic) bond motifs is 1. The molecule has 0 fully saturated rings. The predicted molar refractivity (Wildman–Crippen MR) is 56.2 cm³/mol. The summed E-state index contributed by atoms with van der Waals surface area (Å²) in [5, 5.41) is 9.24. The van der Waals surface area contributed by atoms with Gasteiger partial charge in [0.15, 0.2) is 5.78 Å². The number of aliphatic hydroxyl groups excluding tert-OH is 1. The van der Waals surface area contributed by atoms with Crippen LogP contribution in [0.25, 0.3) is 0 Å². The Morgan fingerprint density at radius 1 is 1.53 bits per heavy atom. The zero-order valence-electron chi connectivity index (χ0n) is 8.91. The zero-order valence-corrected chi connectivity index (χ0v) is 8.91. The number of methoxy groups -OCH3 is 1. The van der Waals surface area contributed by atoms with Gasteiger partial charge in [-0.15, -0.1) is 0 Å². The van der Waals surface area contributed by atoms with Crippen molar-refractivity contribution in [3.8, 4) is 5.75 Å². The second-order valence-electron chi connectivity index (χ2n) is 4.25. The lowest BCUT2D eigenvalue weighted by atomic mass is 9.87. The quantitative estimate of drug-likeness (QED) is 0.796. The van der Waals surface area contributed by atoms with Gasteiger partial charge >= 0.3 is 0 Å². The minimum Gasteiger partial charge on any atom is -0.497 e. The fraction of sp³-hybridized carbons (Fsp3) is 0.417. The number of hydrogen-bond acceptors (Lipinski definition) is 3. The molecule has 1 aromatic carbocycles. The Labute approximate surface area is 88.7 Å². The van der Waals surface area contributed by atoms with Gasteiger partial charge in [-0.1, -0.05) is 6.07 Å². The van der Waals surface area contributed by atoms with Crippen molar-refractivity contribution in [2.75, 3.05) is 13.7 Å². The molecule has 0 saturated heterocycles. The molecule has 0 spiro atoms. The van der Waals surface area contributed by atoms with Crippen molar-refractivity contribution >= 4 is 5.78 Å². The summed E-state index contributed by atoms with van der Waals surface area (Å²) in [5.74, 6) is 0.697. The number of aliphatic hydroxyl groups is 1. The van der Waals surface area contributed by atoms with Crippen molar-refractivity contribution in [1.29, 1.82) is 0 Å². The molecule has 0 aromatic heterocycles. The molecule has 0 amide bonds. The van der Waals surface area contributed by atoms with Crippen molar-refractivity contribution < 1.29 is 14.6 Å². The van der Waals surface area contributed by atoms with Crippen LogP contribution in [-0.4, -0.2) is 24.6 Å². The van der Waals surface area contributed by atoms with E-state index in [1.165, 1.54) is 0 Å². The maximum Gasteiger partial charge on any atom is 0.171 e. The SMILES string of the molecule is COc1ccc2c(c1)C(=O)C(C)(CO)C2. The molecule has 1 N–H and O–H groups in total. The van der Waals surface area contributed by atoms with Gasteiger partial charge < -0.3 is 9.84 Å². The summed E-state index contributed by atoms with van der Waals surface area (Å²) in [6.45, 7) is 1.69. The van der Waals surface area contributed by atoms with E-state index in [4.69, 9.17) is 4.74 Å². The van der Waals surface area contributed by atoms with Gasteiger partial charge in [-0.25, -0.2) is 0 Å². The average molecular weight is 206 g/mol. The molecular formula is C12H14O3. The highest BCUT2D eigenvalue weighted by Gasteiger charge is 2.41. The topological polar surface area (TPSA) is 46.5 Å². The second-order valence-corrected chi connectivity index (χ2v) is 4.25. The molecule has 0 heterocycles. The molecule has 3 nitrogen and oxygen atoms in total. The van der Waals surface area contributed by atoms with Crippen molar-refractivity contribution in [2.45, 2.75) is 13.3 Å². The van der Waals surface area contributed by atoms with E-state index >= 15 is 0 Å². The molecule has 3 heteroatoms. The number of rotatable bonds is 2. The molecule has 1 unspecified atom stereocenters. The van der Waals surface area contributed by atoms with Gasteiger partial charge in [-0.3, -0.25) is 4.79 Å². The summed E-state index contributed by atoms with van der Waals surface area (Å²) in [7, 11) is 1.58. The molecule has 2 rings (SSSR count). The number of ketones is 1. The van der Waals surface area contributed by atoms with E-state index < -0.39 is 5.41 Å². The first-order chi connectivity index (χ1) is 7.10. The van der Waals surface area contributed by atoms with Crippen LogP contribution < -0.4 is 4.74 Å². The smallest absolute Gasteiger partial charge is 0.171 e. The summed E-state index contributed by atoms with van der Waals surface area (Å²) in [6, 6.07) is 5.49. The Morgan fingerprint density at radius 3 is 2.87 bits per heavy atom. The summed E-state index contributed by atoms with van der Waals surface area (Å²) in [6.07, 6.45) is 0.613. The van der Waals surface area contributed by atoms with Gasteiger partial charge in [0.2, 0.25) is 0 Å². The largest absolute Gasteiger partial charge is 0.497 e. The Morgan fingerprint density at radius 2 is 2.27 bits per heavy atom. The van der Waals surface area contributed by atoms with Crippen LogP contribution in [0.1, 0.15) is 22.8 Å². The fourth-order valence-corrected chi connectivity index (χ4v) is 2.00. The Kier molecular flexibility index (Phi) is 2.27. The first-order valence-corrected chi connectivity index (χ1v) is 4.93. The van der Waals surface area contributed by atoms with E-state index in [1.54, 1.807) is 20.1 Å². The van der Waals surface area contributed by atoms with Gasteiger partial charge in [0.05, 0.1) is 19.1 Å². The van der Waals surface area contributed by atoms with Crippen LogP contribution in [0.15, 0.2) is 18.2 Å². The van der Waals surface area contributed by atoms with Crippen LogP contribution in [0.3, 0.4) is 0 Å². The predicted octanol–water partition coefficient (Wildman–Crippen LogP) is 1.43. The van der Waals surface area contributed by atoms with E-state index in [0.717, 1.165) is 5.56 Å². The molecule has 1 aliphatic carbocycles. The molecule has 1 atom stereocenters. The third-order valence-corrected chi connectivity index (χ3v) is 3.04. The van der Waals surface area contributed by atoms with Crippen LogP contribution in [0.4, 0.5) is 0 Å². The highest BCUT2D eigenvalue weighted by Crippen LogP contribution is 2.37. The molecular weight excluding hydrogens is 192 g/mol. The van der Waals surface area contributed by atoms with Crippen LogP contribution in [0.2, 0.25) is 0 Å². The van der Waals surface area contributed by atoms with Gasteiger partial charge in [-0.05, 0) is 31.0 Å². The minimum atomic E-state index is -0.644. The van der Waals surface area contributed by atoms with E-state index in [2.05, 4.69) is 0 Å². The molecule has 0 aliphatic heterocycles. The Hall–Kier alpha value is -1.35. The van der Waals surface area contributed by atoms with Crippen LogP contribution >= 0.6 is 0 Å². The summed E-state index contributed by atoms with van der Waals surface area (Å²) >= 11 is 0. The van der Waals surface area contributed by atoms with Crippen molar-refractivity contribution in [3.05, 3.63) is 29.3 Å². The van der Waals surface area contributed by atoms with E-state index in [0.29, 0.717) is 17.7 Å². The number of ether oxygens (including phenoxy) is 1. The van der Waals surface area contributed by atoms with Gasteiger partial charge in [0, 0.05) is 5.56 Å². The number of Topliss-reactive ketones (excluding diaryl/α,β-unsaturated/α-hetero) is 1. The molecule has 0 radical (unpaired) electrons. The number of carbonyl (C=O) groups is 1. The summed E-state index contributed by atoms with van der Waals surface area (Å²) < 4.78 is 5.07. The maximum atomic E-state index is 12.0. The van der Waals surface area contributed by atoms with Gasteiger partial charge in [0.1, 0.15) is 5.75 Å². The lowest BCUT2D eigenvalue weighted by Crippen LogP contribution is -2.28. The molecule has 0 saturated carbocycles. The highest BCUT2D eigenvalue weighted by molar-refractivity contribution is 6.05. The number of carbonyl (C=O) groups excluding carboxylic acids is 1. The second kappa shape index (κ2) is 3.35. The molecule has 80 valence electrons. The fourth-order valence-electron chi connectivity index (χ4n) is 2.00. The molecule has 1 aliphatic rings. The first kappa shape index (κ1) is 10.2. The number of hydrogen-bond donors (Lipinski definition) is 1. The van der Waals surface area contributed by atoms with Crippen molar-refractivity contribution in [2.24, 2.45) is 5.41 Å². The normalized spacial score (nSPS) is 24.1. The molecule has 15 heavy (non-hydrogen) atoms. The number of benzene rings is 1. The average Bonchev–Trinajstić information content (AvgIpc) is 2.52. The maximum absolute atomic E-state index is 12.0. The van der Waals surface area contributed by atoms with E-state index in [9.17, 15) is 9.90 Å². The Balaban J connectivity index is 2.46.